The zero-order valence-electron chi connectivity index (χ0n) is 17.4. The van der Waals surface area contributed by atoms with E-state index in [2.05, 4.69) is 18.8 Å². The molecule has 2 amide bonds. The lowest BCUT2D eigenvalue weighted by Crippen LogP contribution is -2.43. The molecule has 2 aromatic rings. The van der Waals surface area contributed by atoms with Gasteiger partial charge in [0.15, 0.2) is 6.10 Å². The SMILES string of the molecule is CC(Oc1ccc(C(C)C)cc1)C(=O)N1CCCN(C(=O)c2ccncc2)CC1. The number of aromatic nitrogens is 1. The van der Waals surface area contributed by atoms with Crippen LogP contribution in [0.5, 0.6) is 5.75 Å². The Morgan fingerprint density at radius 2 is 1.52 bits per heavy atom. The summed E-state index contributed by atoms with van der Waals surface area (Å²) >= 11 is 0. The lowest BCUT2D eigenvalue weighted by atomic mass is 10.0. The molecule has 1 atom stereocenters. The summed E-state index contributed by atoms with van der Waals surface area (Å²) in [5.41, 5.74) is 1.86. The van der Waals surface area contributed by atoms with Crippen molar-refractivity contribution in [2.45, 2.75) is 39.2 Å². The van der Waals surface area contributed by atoms with Crippen LogP contribution in [0.3, 0.4) is 0 Å². The minimum absolute atomic E-state index is 0.0174. The van der Waals surface area contributed by atoms with Crippen LogP contribution in [0, 0.1) is 0 Å². The van der Waals surface area contributed by atoms with Crippen molar-refractivity contribution in [3.63, 3.8) is 0 Å². The molecule has 1 unspecified atom stereocenters. The number of pyridine rings is 1. The molecule has 0 spiro atoms. The number of hydrogen-bond donors (Lipinski definition) is 0. The second-order valence-corrected chi connectivity index (χ2v) is 7.69. The summed E-state index contributed by atoms with van der Waals surface area (Å²) in [6.07, 6.45) is 3.42. The van der Waals surface area contributed by atoms with E-state index in [0.29, 0.717) is 43.4 Å². The zero-order chi connectivity index (χ0) is 20.8. The Kier molecular flexibility index (Phi) is 6.86. The van der Waals surface area contributed by atoms with Crippen molar-refractivity contribution in [1.29, 1.82) is 0 Å². The highest BCUT2D eigenvalue weighted by Crippen LogP contribution is 2.20. The van der Waals surface area contributed by atoms with E-state index in [1.165, 1.54) is 5.56 Å². The van der Waals surface area contributed by atoms with Crippen LogP contribution in [-0.4, -0.2) is 58.9 Å². The summed E-state index contributed by atoms with van der Waals surface area (Å²) in [6.45, 7) is 8.35. The first-order valence-electron chi connectivity index (χ1n) is 10.2. The third-order valence-corrected chi connectivity index (χ3v) is 5.23. The molecule has 154 valence electrons. The second-order valence-electron chi connectivity index (χ2n) is 7.69. The van der Waals surface area contributed by atoms with E-state index >= 15 is 0 Å². The fourth-order valence-corrected chi connectivity index (χ4v) is 3.46. The van der Waals surface area contributed by atoms with Crippen LogP contribution in [0.4, 0.5) is 0 Å². The van der Waals surface area contributed by atoms with Gasteiger partial charge in [-0.25, -0.2) is 0 Å². The number of carbonyl (C=O) groups excluding carboxylic acids is 2. The highest BCUT2D eigenvalue weighted by Gasteiger charge is 2.26. The van der Waals surface area contributed by atoms with E-state index < -0.39 is 6.10 Å². The molecule has 6 nitrogen and oxygen atoms in total. The average Bonchev–Trinajstić information content (AvgIpc) is 3.00. The maximum atomic E-state index is 12.9. The molecule has 1 fully saturated rings. The molecule has 1 aromatic carbocycles. The predicted molar refractivity (Wildman–Crippen MR) is 112 cm³/mol. The van der Waals surface area contributed by atoms with Gasteiger partial charge in [-0.15, -0.1) is 0 Å². The third kappa shape index (κ3) is 5.34. The fourth-order valence-electron chi connectivity index (χ4n) is 3.46. The molecule has 2 heterocycles. The average molecular weight is 396 g/mol. The first-order chi connectivity index (χ1) is 14.0. The molecule has 3 rings (SSSR count). The molecule has 0 saturated carbocycles. The normalized spacial score (nSPS) is 15.7. The first kappa shape index (κ1) is 20.8. The van der Waals surface area contributed by atoms with Crippen molar-refractivity contribution in [2.75, 3.05) is 26.2 Å². The van der Waals surface area contributed by atoms with Crippen LogP contribution < -0.4 is 4.74 Å². The molecule has 1 aromatic heterocycles. The van der Waals surface area contributed by atoms with Crippen LogP contribution in [0.2, 0.25) is 0 Å². The van der Waals surface area contributed by atoms with Gasteiger partial charge in [0.2, 0.25) is 0 Å². The van der Waals surface area contributed by atoms with Crippen LogP contribution in [0.15, 0.2) is 48.8 Å². The monoisotopic (exact) mass is 395 g/mol. The first-order valence-corrected chi connectivity index (χ1v) is 10.2. The van der Waals surface area contributed by atoms with Gasteiger partial charge in [-0.3, -0.25) is 14.6 Å². The summed E-state index contributed by atoms with van der Waals surface area (Å²) in [5, 5.41) is 0. The largest absolute Gasteiger partial charge is 0.481 e. The third-order valence-electron chi connectivity index (χ3n) is 5.23. The van der Waals surface area contributed by atoms with Gasteiger partial charge in [0.1, 0.15) is 5.75 Å². The number of nitrogens with zero attached hydrogens (tertiary/aromatic N) is 3. The summed E-state index contributed by atoms with van der Waals surface area (Å²) in [5.74, 6) is 1.09. The number of hydrogen-bond acceptors (Lipinski definition) is 4. The van der Waals surface area contributed by atoms with Crippen LogP contribution in [-0.2, 0) is 4.79 Å². The van der Waals surface area contributed by atoms with Crippen LogP contribution in [0.25, 0.3) is 0 Å². The van der Waals surface area contributed by atoms with Gasteiger partial charge in [0, 0.05) is 44.1 Å². The summed E-state index contributed by atoms with van der Waals surface area (Å²) < 4.78 is 5.87. The van der Waals surface area contributed by atoms with Gasteiger partial charge in [-0.05, 0) is 49.1 Å². The van der Waals surface area contributed by atoms with Crippen molar-refractivity contribution >= 4 is 11.8 Å². The van der Waals surface area contributed by atoms with Gasteiger partial charge in [0.05, 0.1) is 0 Å². The maximum absolute atomic E-state index is 12.9. The molecule has 29 heavy (non-hydrogen) atoms. The van der Waals surface area contributed by atoms with Gasteiger partial charge >= 0.3 is 0 Å². The molecule has 1 aliphatic heterocycles. The number of ether oxygens (including phenoxy) is 1. The number of benzene rings is 1. The minimum Gasteiger partial charge on any atom is -0.481 e. The van der Waals surface area contributed by atoms with Crippen molar-refractivity contribution in [3.05, 3.63) is 59.9 Å². The maximum Gasteiger partial charge on any atom is 0.263 e. The van der Waals surface area contributed by atoms with Crippen molar-refractivity contribution in [2.24, 2.45) is 0 Å². The lowest BCUT2D eigenvalue weighted by molar-refractivity contribution is -0.137. The van der Waals surface area contributed by atoms with E-state index in [0.717, 1.165) is 6.42 Å². The highest BCUT2D eigenvalue weighted by molar-refractivity contribution is 5.94. The molecular formula is C23H29N3O3. The quantitative estimate of drug-likeness (QED) is 0.779. The Bertz CT molecular complexity index is 821. The molecule has 0 aliphatic carbocycles. The lowest BCUT2D eigenvalue weighted by Gasteiger charge is -2.25. The van der Waals surface area contributed by atoms with Crippen molar-refractivity contribution in [1.82, 2.24) is 14.8 Å². The number of rotatable bonds is 5. The topological polar surface area (TPSA) is 62.7 Å². The predicted octanol–water partition coefficient (Wildman–Crippen LogP) is 3.35. The minimum atomic E-state index is -0.567. The number of carbonyl (C=O) groups is 2. The Balaban J connectivity index is 1.56. The Labute approximate surface area is 172 Å². The second kappa shape index (κ2) is 9.54. The Morgan fingerprint density at radius 3 is 2.17 bits per heavy atom. The molecule has 0 N–H and O–H groups in total. The smallest absolute Gasteiger partial charge is 0.263 e. The summed E-state index contributed by atoms with van der Waals surface area (Å²) in [7, 11) is 0. The van der Waals surface area contributed by atoms with E-state index in [1.54, 1.807) is 41.2 Å². The molecule has 0 bridgehead atoms. The molecule has 0 radical (unpaired) electrons. The van der Waals surface area contributed by atoms with Gasteiger partial charge in [0.25, 0.3) is 11.8 Å². The van der Waals surface area contributed by atoms with Gasteiger partial charge in [-0.1, -0.05) is 26.0 Å². The van der Waals surface area contributed by atoms with E-state index in [1.807, 2.05) is 24.3 Å². The molecular weight excluding hydrogens is 366 g/mol. The van der Waals surface area contributed by atoms with Gasteiger partial charge < -0.3 is 14.5 Å². The molecule has 1 aliphatic rings. The summed E-state index contributed by atoms with van der Waals surface area (Å²) in [6, 6.07) is 11.3. The number of amides is 2. The molecule has 1 saturated heterocycles. The van der Waals surface area contributed by atoms with E-state index in [-0.39, 0.29) is 11.8 Å². The van der Waals surface area contributed by atoms with Gasteiger partial charge in [-0.2, -0.15) is 0 Å². The van der Waals surface area contributed by atoms with Crippen LogP contribution >= 0.6 is 0 Å². The Morgan fingerprint density at radius 1 is 0.897 bits per heavy atom. The zero-order valence-corrected chi connectivity index (χ0v) is 17.4. The van der Waals surface area contributed by atoms with Crippen molar-refractivity contribution in [3.8, 4) is 5.75 Å². The van der Waals surface area contributed by atoms with Crippen molar-refractivity contribution < 1.29 is 14.3 Å². The highest BCUT2D eigenvalue weighted by atomic mass is 16.5. The van der Waals surface area contributed by atoms with Crippen LogP contribution in [0.1, 0.15) is 49.0 Å². The Hall–Kier alpha value is -2.89. The summed E-state index contributed by atoms with van der Waals surface area (Å²) in [4.78, 5) is 33.1. The standard InChI is InChI=1S/C23H29N3O3/c1-17(2)19-5-7-21(8-6-19)29-18(3)22(27)25-13-4-14-26(16-15-25)23(28)20-9-11-24-12-10-20/h5-12,17-18H,4,13-16H2,1-3H3. The van der Waals surface area contributed by atoms with E-state index in [4.69, 9.17) is 4.74 Å². The van der Waals surface area contributed by atoms with E-state index in [9.17, 15) is 9.59 Å². The molecule has 6 heteroatoms. The fraction of sp³-hybridized carbons (Fsp3) is 0.435.